The minimum Gasteiger partial charge on any atom is -0.333 e. The number of hydrogen-bond donors (Lipinski definition) is 0. The van der Waals surface area contributed by atoms with Crippen LogP contribution in [-0.2, 0) is 21.1 Å². The Morgan fingerprint density at radius 3 is 2.38 bits per heavy atom. The van der Waals surface area contributed by atoms with Crippen LogP contribution in [0.3, 0.4) is 0 Å². The van der Waals surface area contributed by atoms with Crippen molar-refractivity contribution < 1.29 is 21.1 Å². The third-order valence-electron chi connectivity index (χ3n) is 4.52. The van der Waals surface area contributed by atoms with Crippen LogP contribution in [0.2, 0.25) is 0 Å². The molecule has 5 aromatic rings. The van der Waals surface area contributed by atoms with Crippen LogP contribution in [0.4, 0.5) is 0 Å². The Bertz CT molecular complexity index is 1190. The van der Waals surface area contributed by atoms with Gasteiger partial charge in [0, 0.05) is 32.1 Å². The topological polar surface area (TPSA) is 17.8 Å². The van der Waals surface area contributed by atoms with Crippen molar-refractivity contribution in [3.63, 3.8) is 0 Å². The molecule has 5 rings (SSSR count). The van der Waals surface area contributed by atoms with Crippen LogP contribution in [0.5, 0.6) is 0 Å². The molecule has 0 atom stereocenters. The number of para-hydroxylation sites is 2. The zero-order chi connectivity index (χ0) is 16.6. The van der Waals surface area contributed by atoms with Crippen LogP contribution in [0.25, 0.3) is 38.9 Å². The fraction of sp³-hybridized carbons (Fsp3) is 0. The number of benzene rings is 4. The van der Waals surface area contributed by atoms with Gasteiger partial charge >= 0.3 is 0 Å². The van der Waals surface area contributed by atoms with E-state index in [1.54, 1.807) is 0 Å². The van der Waals surface area contributed by atoms with Gasteiger partial charge < -0.3 is 4.57 Å². The molecule has 0 aliphatic carbocycles. The number of fused-ring (bicyclic) bond motifs is 2. The largest absolute Gasteiger partial charge is 0.333 e. The summed E-state index contributed by atoms with van der Waals surface area (Å²) in [6.07, 6.45) is 0. The van der Waals surface area contributed by atoms with Crippen LogP contribution >= 0.6 is 0 Å². The number of aromatic nitrogens is 2. The molecule has 0 saturated heterocycles. The van der Waals surface area contributed by atoms with E-state index in [1.807, 2.05) is 24.3 Å². The molecule has 0 spiro atoms. The molecular weight excluding hydrogens is 499 g/mol. The normalized spacial score (nSPS) is 10.8. The molecule has 1 heterocycles. The third kappa shape index (κ3) is 2.67. The van der Waals surface area contributed by atoms with Gasteiger partial charge in [-0.15, -0.1) is 35.9 Å². The maximum atomic E-state index is 4.90. The molecule has 0 aliphatic heterocycles. The van der Waals surface area contributed by atoms with Crippen LogP contribution in [0, 0.1) is 6.07 Å². The van der Waals surface area contributed by atoms with Gasteiger partial charge in [0.2, 0.25) is 0 Å². The van der Waals surface area contributed by atoms with E-state index in [4.69, 9.17) is 4.98 Å². The van der Waals surface area contributed by atoms with Crippen LogP contribution < -0.4 is 0 Å². The summed E-state index contributed by atoms with van der Waals surface area (Å²) in [4.78, 5) is 4.90. The maximum absolute atomic E-state index is 4.90. The van der Waals surface area contributed by atoms with E-state index in [1.165, 1.54) is 10.8 Å². The Kier molecular flexibility index (Phi) is 4.44. The van der Waals surface area contributed by atoms with Crippen LogP contribution in [0.15, 0.2) is 91.0 Å². The molecule has 0 N–H and O–H groups in total. The van der Waals surface area contributed by atoms with Crippen molar-refractivity contribution in [2.45, 2.75) is 0 Å². The molecule has 0 aliphatic rings. The van der Waals surface area contributed by atoms with Crippen molar-refractivity contribution >= 4 is 21.8 Å². The van der Waals surface area contributed by atoms with E-state index >= 15 is 0 Å². The number of nitrogens with zero attached hydrogens (tertiary/aromatic N) is 2. The van der Waals surface area contributed by atoms with Gasteiger partial charge in [0.15, 0.2) is 0 Å². The predicted octanol–water partition coefficient (Wildman–Crippen LogP) is 5.64. The van der Waals surface area contributed by atoms with Crippen molar-refractivity contribution in [2.75, 3.05) is 0 Å². The Labute approximate surface area is 166 Å². The molecule has 26 heavy (non-hydrogen) atoms. The van der Waals surface area contributed by atoms with Gasteiger partial charge in [0.05, 0.1) is 16.9 Å². The fourth-order valence-electron chi connectivity index (χ4n) is 3.39. The summed E-state index contributed by atoms with van der Waals surface area (Å²) >= 11 is 0. The summed E-state index contributed by atoms with van der Waals surface area (Å²) in [6, 6.07) is 34.5. The Morgan fingerprint density at radius 1 is 0.731 bits per heavy atom. The summed E-state index contributed by atoms with van der Waals surface area (Å²) in [5.74, 6) is 0.915. The second kappa shape index (κ2) is 6.90. The van der Waals surface area contributed by atoms with Gasteiger partial charge in [0.25, 0.3) is 0 Å². The van der Waals surface area contributed by atoms with E-state index in [9.17, 15) is 0 Å². The Balaban J connectivity index is 0.00000168. The van der Waals surface area contributed by atoms with Crippen molar-refractivity contribution in [3.05, 3.63) is 97.1 Å². The number of imidazole rings is 1. The van der Waals surface area contributed by atoms with Crippen molar-refractivity contribution in [2.24, 2.45) is 0 Å². The van der Waals surface area contributed by atoms with Gasteiger partial charge in [-0.3, -0.25) is 4.98 Å². The standard InChI is InChI=1S/C23H15N2.Pt/c1-2-10-18(11-3-1)23-24-20-14-6-7-15-22(20)25(23)21-16-8-12-17-9-4-5-13-19(17)21;/h1-10,12-16H;/q-1;. The summed E-state index contributed by atoms with van der Waals surface area (Å²) in [6.45, 7) is 0. The van der Waals surface area contributed by atoms with Gasteiger partial charge in [0.1, 0.15) is 0 Å². The first-order chi connectivity index (χ1) is 12.4. The summed E-state index contributed by atoms with van der Waals surface area (Å²) in [5.41, 5.74) is 4.22. The van der Waals surface area contributed by atoms with E-state index in [0.29, 0.717) is 0 Å². The van der Waals surface area contributed by atoms with Crippen molar-refractivity contribution in [1.82, 2.24) is 9.55 Å². The molecule has 0 bridgehead atoms. The molecule has 1 aromatic heterocycles. The first kappa shape index (κ1) is 16.7. The average molecular weight is 514 g/mol. The Hall–Kier alpha value is -2.70. The fourth-order valence-corrected chi connectivity index (χ4v) is 3.39. The summed E-state index contributed by atoms with van der Waals surface area (Å²) in [5, 5.41) is 2.44. The quantitative estimate of drug-likeness (QED) is 0.279. The zero-order valence-electron chi connectivity index (χ0n) is 13.9. The van der Waals surface area contributed by atoms with Gasteiger partial charge in [-0.25, -0.2) is 0 Å². The molecule has 128 valence electrons. The smallest absolute Gasteiger partial charge is 0.0774 e. The molecule has 4 aromatic carbocycles. The minimum absolute atomic E-state index is 0. The van der Waals surface area contributed by atoms with Crippen molar-refractivity contribution in [1.29, 1.82) is 0 Å². The van der Waals surface area contributed by atoms with Crippen LogP contribution in [0.1, 0.15) is 0 Å². The Morgan fingerprint density at radius 2 is 1.50 bits per heavy atom. The van der Waals surface area contributed by atoms with Gasteiger partial charge in [-0.05, 0) is 23.6 Å². The molecule has 0 saturated carbocycles. The minimum atomic E-state index is 0. The molecule has 0 amide bonds. The first-order valence-electron chi connectivity index (χ1n) is 8.34. The van der Waals surface area contributed by atoms with Crippen molar-refractivity contribution in [3.8, 4) is 17.1 Å². The zero-order valence-corrected chi connectivity index (χ0v) is 16.1. The summed E-state index contributed by atoms with van der Waals surface area (Å²) in [7, 11) is 0. The molecular formula is C23H15N2Pt-. The molecule has 0 radical (unpaired) electrons. The summed E-state index contributed by atoms with van der Waals surface area (Å²) < 4.78 is 2.24. The first-order valence-corrected chi connectivity index (χ1v) is 8.34. The third-order valence-corrected chi connectivity index (χ3v) is 4.52. The number of hydrogen-bond acceptors (Lipinski definition) is 1. The van der Waals surface area contributed by atoms with E-state index < -0.39 is 0 Å². The van der Waals surface area contributed by atoms with E-state index in [-0.39, 0.29) is 21.1 Å². The van der Waals surface area contributed by atoms with Crippen LogP contribution in [-0.4, -0.2) is 9.55 Å². The average Bonchev–Trinajstić information content (AvgIpc) is 3.08. The molecule has 0 fully saturated rings. The van der Waals surface area contributed by atoms with E-state index in [0.717, 1.165) is 28.1 Å². The van der Waals surface area contributed by atoms with E-state index in [2.05, 4.69) is 77.4 Å². The second-order valence-electron chi connectivity index (χ2n) is 6.03. The molecule has 0 unspecified atom stereocenters. The second-order valence-corrected chi connectivity index (χ2v) is 6.03. The van der Waals surface area contributed by atoms with Gasteiger partial charge in [-0.2, -0.15) is 0 Å². The molecule has 2 nitrogen and oxygen atoms in total. The maximum Gasteiger partial charge on any atom is 0.0774 e. The molecule has 3 heteroatoms. The van der Waals surface area contributed by atoms with Gasteiger partial charge in [-0.1, -0.05) is 48.5 Å². The predicted molar refractivity (Wildman–Crippen MR) is 103 cm³/mol. The number of rotatable bonds is 2. The monoisotopic (exact) mass is 514 g/mol. The SMILES string of the molecule is [Pt].[c-]1ccccc1-c1nc2ccccc2n1-c1cccc2ccccc12.